The Morgan fingerprint density at radius 1 is 1.03 bits per heavy atom. The molecule has 31 heavy (non-hydrogen) atoms. The van der Waals surface area contributed by atoms with Crippen LogP contribution in [0.3, 0.4) is 0 Å². The van der Waals surface area contributed by atoms with E-state index in [1.165, 1.54) is 31.0 Å². The van der Waals surface area contributed by atoms with Crippen LogP contribution in [0.25, 0.3) is 5.69 Å². The van der Waals surface area contributed by atoms with Crippen molar-refractivity contribution in [1.29, 1.82) is 0 Å². The van der Waals surface area contributed by atoms with Gasteiger partial charge < -0.3 is 5.32 Å². The van der Waals surface area contributed by atoms with Gasteiger partial charge in [-0.3, -0.25) is 14.3 Å². The van der Waals surface area contributed by atoms with Crippen LogP contribution in [0.2, 0.25) is 5.02 Å². The first-order chi connectivity index (χ1) is 15.2. The molecule has 1 amide bonds. The second-order valence-electron chi connectivity index (χ2n) is 7.60. The van der Waals surface area contributed by atoms with Crippen LogP contribution >= 0.6 is 23.4 Å². The number of benzene rings is 2. The molecule has 1 aliphatic rings. The molecule has 0 saturated carbocycles. The second kappa shape index (κ2) is 10.8. The van der Waals surface area contributed by atoms with Gasteiger partial charge in [0.05, 0.1) is 12.3 Å². The minimum Gasteiger partial charge on any atom is -0.351 e. The van der Waals surface area contributed by atoms with Gasteiger partial charge in [-0.2, -0.15) is 0 Å². The molecule has 1 fully saturated rings. The van der Waals surface area contributed by atoms with Crippen LogP contribution in [0.5, 0.6) is 0 Å². The molecule has 6 nitrogen and oxygen atoms in total. The highest BCUT2D eigenvalue weighted by molar-refractivity contribution is 7.99. The number of thioether (sulfide) groups is 1. The molecule has 3 aromatic rings. The van der Waals surface area contributed by atoms with Gasteiger partial charge in [-0.1, -0.05) is 60.1 Å². The molecule has 0 spiro atoms. The van der Waals surface area contributed by atoms with Crippen LogP contribution in [-0.2, 0) is 17.9 Å². The summed E-state index contributed by atoms with van der Waals surface area (Å²) >= 11 is 7.41. The molecule has 0 aliphatic carbocycles. The second-order valence-corrected chi connectivity index (χ2v) is 8.98. The van der Waals surface area contributed by atoms with E-state index in [2.05, 4.69) is 25.0 Å². The monoisotopic (exact) mass is 455 g/mol. The molecule has 0 unspecified atom stereocenters. The van der Waals surface area contributed by atoms with Crippen molar-refractivity contribution in [2.45, 2.75) is 37.5 Å². The van der Waals surface area contributed by atoms with E-state index in [0.717, 1.165) is 41.9 Å². The maximum atomic E-state index is 12.4. The van der Waals surface area contributed by atoms with Gasteiger partial charge in [0, 0.05) is 17.3 Å². The number of aromatic nitrogens is 3. The Labute approximate surface area is 192 Å². The maximum Gasteiger partial charge on any atom is 0.230 e. The summed E-state index contributed by atoms with van der Waals surface area (Å²) in [7, 11) is 0. The van der Waals surface area contributed by atoms with E-state index in [1.54, 1.807) is 0 Å². The fourth-order valence-corrected chi connectivity index (χ4v) is 4.69. The number of likely N-dealkylation sites (tertiary alicyclic amines) is 1. The van der Waals surface area contributed by atoms with E-state index in [-0.39, 0.29) is 11.7 Å². The number of rotatable bonds is 8. The van der Waals surface area contributed by atoms with Crippen LogP contribution < -0.4 is 5.32 Å². The molecular weight excluding hydrogens is 430 g/mol. The molecule has 0 radical (unpaired) electrons. The van der Waals surface area contributed by atoms with Gasteiger partial charge >= 0.3 is 0 Å². The molecular formula is C23H26ClN5OS. The minimum absolute atomic E-state index is 0.0508. The number of halogens is 1. The number of carbonyl (C=O) groups excluding carboxylic acids is 1. The number of hydrogen-bond donors (Lipinski definition) is 1. The third-order valence-electron chi connectivity index (χ3n) is 5.24. The zero-order valence-electron chi connectivity index (χ0n) is 17.3. The smallest absolute Gasteiger partial charge is 0.230 e. The highest BCUT2D eigenvalue weighted by atomic mass is 35.5. The van der Waals surface area contributed by atoms with Gasteiger partial charge in [0.1, 0.15) is 0 Å². The van der Waals surface area contributed by atoms with Crippen LogP contribution in [0, 0.1) is 0 Å². The van der Waals surface area contributed by atoms with E-state index >= 15 is 0 Å². The molecule has 162 valence electrons. The van der Waals surface area contributed by atoms with Crippen molar-refractivity contribution in [1.82, 2.24) is 25.0 Å². The molecule has 1 saturated heterocycles. The van der Waals surface area contributed by atoms with Gasteiger partial charge in [-0.15, -0.1) is 10.2 Å². The van der Waals surface area contributed by atoms with Crippen LogP contribution in [0.4, 0.5) is 0 Å². The highest BCUT2D eigenvalue weighted by Crippen LogP contribution is 2.23. The first-order valence-electron chi connectivity index (χ1n) is 10.5. The van der Waals surface area contributed by atoms with Crippen molar-refractivity contribution in [2.75, 3.05) is 18.8 Å². The summed E-state index contributed by atoms with van der Waals surface area (Å²) in [5, 5.41) is 13.2. The molecule has 1 aliphatic heterocycles. The Balaban J connectivity index is 1.42. The zero-order valence-corrected chi connectivity index (χ0v) is 18.9. The molecule has 0 atom stereocenters. The summed E-state index contributed by atoms with van der Waals surface area (Å²) < 4.78 is 2.07. The number of hydrogen-bond acceptors (Lipinski definition) is 5. The van der Waals surface area contributed by atoms with Crippen molar-refractivity contribution in [2.24, 2.45) is 0 Å². The quantitative estimate of drug-likeness (QED) is 0.512. The molecule has 4 rings (SSSR count). The topological polar surface area (TPSA) is 63.1 Å². The lowest BCUT2D eigenvalue weighted by Crippen LogP contribution is -2.30. The first kappa shape index (κ1) is 21.9. The van der Waals surface area contributed by atoms with Gasteiger partial charge in [0.2, 0.25) is 5.91 Å². The van der Waals surface area contributed by atoms with Crippen LogP contribution in [-0.4, -0.2) is 44.4 Å². The number of para-hydroxylation sites is 1. The average molecular weight is 456 g/mol. The largest absolute Gasteiger partial charge is 0.351 e. The van der Waals surface area contributed by atoms with Crippen molar-refractivity contribution in [3.8, 4) is 5.69 Å². The van der Waals surface area contributed by atoms with E-state index in [0.29, 0.717) is 11.6 Å². The van der Waals surface area contributed by atoms with E-state index in [1.807, 2.05) is 54.6 Å². The van der Waals surface area contributed by atoms with Gasteiger partial charge in [-0.25, -0.2) is 0 Å². The van der Waals surface area contributed by atoms with E-state index in [4.69, 9.17) is 11.6 Å². The standard InChI is InChI=1S/C23H26ClN5OS/c24-19-9-7-8-18(14-19)15-25-22(30)17-31-23-27-26-21(16-28-12-5-2-6-13-28)29(23)20-10-3-1-4-11-20/h1,3-4,7-11,14H,2,5-6,12-13,15-17H2,(H,25,30). The van der Waals surface area contributed by atoms with E-state index in [9.17, 15) is 4.79 Å². The lowest BCUT2D eigenvalue weighted by atomic mass is 10.1. The van der Waals surface area contributed by atoms with Crippen molar-refractivity contribution >= 4 is 29.3 Å². The third-order valence-corrected chi connectivity index (χ3v) is 6.40. The lowest BCUT2D eigenvalue weighted by Gasteiger charge is -2.26. The van der Waals surface area contributed by atoms with Gasteiger partial charge in [-0.05, 0) is 55.8 Å². The molecule has 2 heterocycles. The van der Waals surface area contributed by atoms with E-state index < -0.39 is 0 Å². The number of nitrogens with one attached hydrogen (secondary N) is 1. The Bertz CT molecular complexity index is 1000. The number of amides is 1. The average Bonchev–Trinajstić information content (AvgIpc) is 3.20. The Morgan fingerprint density at radius 2 is 1.84 bits per heavy atom. The summed E-state index contributed by atoms with van der Waals surface area (Å²) in [5.74, 6) is 1.13. The molecule has 1 aromatic heterocycles. The maximum absolute atomic E-state index is 12.4. The fraction of sp³-hybridized carbons (Fsp3) is 0.348. The number of nitrogens with zero attached hydrogens (tertiary/aromatic N) is 4. The van der Waals surface area contributed by atoms with Crippen LogP contribution in [0.15, 0.2) is 59.8 Å². The van der Waals surface area contributed by atoms with Gasteiger partial charge in [0.15, 0.2) is 11.0 Å². The normalized spacial score (nSPS) is 14.5. The number of piperidine rings is 1. The molecule has 0 bridgehead atoms. The van der Waals surface area contributed by atoms with Crippen LogP contribution in [0.1, 0.15) is 30.7 Å². The SMILES string of the molecule is O=C(CSc1nnc(CN2CCCCC2)n1-c1ccccc1)NCc1cccc(Cl)c1. The third kappa shape index (κ3) is 6.09. The molecule has 2 aromatic carbocycles. The van der Waals surface area contributed by atoms with Crippen molar-refractivity contribution in [3.05, 3.63) is 71.0 Å². The summed E-state index contributed by atoms with van der Waals surface area (Å²) in [6.45, 7) is 3.40. The summed E-state index contributed by atoms with van der Waals surface area (Å²) in [5.41, 5.74) is 1.99. The minimum atomic E-state index is -0.0508. The highest BCUT2D eigenvalue weighted by Gasteiger charge is 2.19. The molecule has 1 N–H and O–H groups in total. The Morgan fingerprint density at radius 3 is 2.61 bits per heavy atom. The zero-order chi connectivity index (χ0) is 21.5. The summed E-state index contributed by atoms with van der Waals surface area (Å²) in [6, 6.07) is 17.6. The van der Waals surface area contributed by atoms with Crippen molar-refractivity contribution in [3.63, 3.8) is 0 Å². The molecule has 8 heteroatoms. The van der Waals surface area contributed by atoms with Crippen molar-refractivity contribution < 1.29 is 4.79 Å². The summed E-state index contributed by atoms with van der Waals surface area (Å²) in [6.07, 6.45) is 3.76. The summed E-state index contributed by atoms with van der Waals surface area (Å²) in [4.78, 5) is 14.8. The van der Waals surface area contributed by atoms with Gasteiger partial charge in [0.25, 0.3) is 0 Å². The lowest BCUT2D eigenvalue weighted by molar-refractivity contribution is -0.118. The number of carbonyl (C=O) groups is 1. The predicted molar refractivity (Wildman–Crippen MR) is 125 cm³/mol. The Hall–Kier alpha value is -2.35. The Kier molecular flexibility index (Phi) is 7.61. The fourth-order valence-electron chi connectivity index (χ4n) is 3.68. The first-order valence-corrected chi connectivity index (χ1v) is 11.9. The predicted octanol–water partition coefficient (Wildman–Crippen LogP) is 4.32.